The predicted molar refractivity (Wildman–Crippen MR) is 117 cm³/mol. The van der Waals surface area contributed by atoms with Crippen LogP contribution in [-0.4, -0.2) is 65.4 Å². The summed E-state index contributed by atoms with van der Waals surface area (Å²) in [4.78, 5) is 4.88. The van der Waals surface area contributed by atoms with Gasteiger partial charge in [-0.05, 0) is 43.0 Å². The third-order valence-corrected chi connectivity index (χ3v) is 6.45. The molecule has 0 aliphatic carbocycles. The minimum atomic E-state index is -0.342. The van der Waals surface area contributed by atoms with Crippen molar-refractivity contribution >= 4 is 11.6 Å². The van der Waals surface area contributed by atoms with Crippen LogP contribution < -0.4 is 0 Å². The van der Waals surface area contributed by atoms with Crippen molar-refractivity contribution in [1.29, 1.82) is 0 Å². The third kappa shape index (κ3) is 5.39. The zero-order valence-electron chi connectivity index (χ0n) is 17.1. The first-order chi connectivity index (χ1) is 14.1. The van der Waals surface area contributed by atoms with E-state index < -0.39 is 0 Å². The maximum Gasteiger partial charge on any atom is 0.0822 e. The SMILES string of the molecule is C[C@H]1CN([C@H]2CCN(Cc3ccccc3)C[C@@H]2O)[C@@H](Cc2ccc(Cl)cc2)CO1. The second-order valence-corrected chi connectivity index (χ2v) is 8.91. The van der Waals surface area contributed by atoms with Gasteiger partial charge in [-0.1, -0.05) is 54.1 Å². The van der Waals surface area contributed by atoms with Crippen molar-refractivity contribution < 1.29 is 9.84 Å². The molecule has 2 aliphatic rings. The summed E-state index contributed by atoms with van der Waals surface area (Å²) in [6.07, 6.45) is 1.76. The van der Waals surface area contributed by atoms with E-state index in [9.17, 15) is 5.11 Å². The molecule has 5 heteroatoms. The van der Waals surface area contributed by atoms with E-state index in [1.54, 1.807) is 0 Å². The first-order valence-corrected chi connectivity index (χ1v) is 11.0. The number of benzene rings is 2. The molecule has 0 spiro atoms. The number of ether oxygens (including phenoxy) is 1. The Morgan fingerprint density at radius 2 is 1.79 bits per heavy atom. The van der Waals surface area contributed by atoms with Crippen LogP contribution in [0.1, 0.15) is 24.5 Å². The molecule has 4 nitrogen and oxygen atoms in total. The zero-order valence-corrected chi connectivity index (χ0v) is 17.8. The Kier molecular flexibility index (Phi) is 6.88. The van der Waals surface area contributed by atoms with Gasteiger partial charge in [0.25, 0.3) is 0 Å². The van der Waals surface area contributed by atoms with E-state index in [1.807, 2.05) is 18.2 Å². The molecular weight excluding hydrogens is 384 g/mol. The number of β-amino-alcohol motifs (C(OH)–C–C–N with tert-alkyl or cyclic N) is 1. The Balaban J connectivity index is 1.41. The Labute approximate surface area is 179 Å². The van der Waals surface area contributed by atoms with Gasteiger partial charge in [0.1, 0.15) is 0 Å². The van der Waals surface area contributed by atoms with Crippen molar-refractivity contribution in [2.24, 2.45) is 0 Å². The van der Waals surface area contributed by atoms with Gasteiger partial charge in [0, 0.05) is 43.3 Å². The van der Waals surface area contributed by atoms with Crippen molar-refractivity contribution in [2.45, 2.75) is 50.6 Å². The number of likely N-dealkylation sites (tertiary alicyclic amines) is 1. The molecule has 0 aromatic heterocycles. The lowest BCUT2D eigenvalue weighted by Gasteiger charge is -2.48. The minimum absolute atomic E-state index is 0.186. The molecule has 2 aromatic rings. The maximum absolute atomic E-state index is 11.0. The number of morpholine rings is 1. The van der Waals surface area contributed by atoms with Crippen LogP contribution in [0.25, 0.3) is 0 Å². The van der Waals surface area contributed by atoms with E-state index in [0.29, 0.717) is 6.61 Å². The second-order valence-electron chi connectivity index (χ2n) is 8.47. The summed E-state index contributed by atoms with van der Waals surface area (Å²) in [6.45, 7) is 6.34. The van der Waals surface area contributed by atoms with Gasteiger partial charge < -0.3 is 9.84 Å². The fourth-order valence-corrected chi connectivity index (χ4v) is 4.83. The van der Waals surface area contributed by atoms with E-state index in [2.05, 4.69) is 53.1 Å². The van der Waals surface area contributed by atoms with E-state index in [0.717, 1.165) is 44.0 Å². The summed E-state index contributed by atoms with van der Waals surface area (Å²) >= 11 is 6.04. The van der Waals surface area contributed by atoms with Gasteiger partial charge >= 0.3 is 0 Å². The van der Waals surface area contributed by atoms with Crippen LogP contribution in [0.15, 0.2) is 54.6 Å². The fourth-order valence-electron chi connectivity index (χ4n) is 4.70. The number of halogens is 1. The Morgan fingerprint density at radius 1 is 1.03 bits per heavy atom. The topological polar surface area (TPSA) is 35.9 Å². The number of hydrogen-bond donors (Lipinski definition) is 1. The lowest BCUT2D eigenvalue weighted by molar-refractivity contribution is -0.107. The average Bonchev–Trinajstić information content (AvgIpc) is 2.72. The Hall–Kier alpha value is -1.43. The summed E-state index contributed by atoms with van der Waals surface area (Å²) in [5, 5.41) is 11.8. The molecule has 2 aliphatic heterocycles. The van der Waals surface area contributed by atoms with Crippen LogP contribution in [0.4, 0.5) is 0 Å². The van der Waals surface area contributed by atoms with E-state index in [-0.39, 0.29) is 24.3 Å². The first kappa shape index (κ1) is 20.8. The van der Waals surface area contributed by atoms with Crippen LogP contribution >= 0.6 is 11.6 Å². The Bertz CT molecular complexity index is 770. The predicted octanol–water partition coefficient (Wildman–Crippen LogP) is 3.61. The Morgan fingerprint density at radius 3 is 2.52 bits per heavy atom. The number of aliphatic hydroxyl groups excluding tert-OH is 1. The molecule has 2 aromatic carbocycles. The molecule has 0 radical (unpaired) electrons. The maximum atomic E-state index is 11.0. The van der Waals surface area contributed by atoms with Crippen molar-refractivity contribution in [1.82, 2.24) is 9.80 Å². The van der Waals surface area contributed by atoms with Crippen molar-refractivity contribution in [3.05, 3.63) is 70.7 Å². The molecule has 0 saturated carbocycles. The van der Waals surface area contributed by atoms with Crippen LogP contribution in [0, 0.1) is 0 Å². The summed E-state index contributed by atoms with van der Waals surface area (Å²) in [6, 6.07) is 19.1. The first-order valence-electron chi connectivity index (χ1n) is 10.6. The molecule has 1 N–H and O–H groups in total. The highest BCUT2D eigenvalue weighted by Crippen LogP contribution is 2.26. The van der Waals surface area contributed by atoms with Crippen LogP contribution in [-0.2, 0) is 17.7 Å². The summed E-state index contributed by atoms with van der Waals surface area (Å²) < 4.78 is 5.98. The smallest absolute Gasteiger partial charge is 0.0822 e. The van der Waals surface area contributed by atoms with E-state index in [4.69, 9.17) is 16.3 Å². The highest BCUT2D eigenvalue weighted by molar-refractivity contribution is 6.30. The number of hydrogen-bond acceptors (Lipinski definition) is 4. The highest BCUT2D eigenvalue weighted by atomic mass is 35.5. The lowest BCUT2D eigenvalue weighted by Crippen LogP contribution is -2.61. The lowest BCUT2D eigenvalue weighted by atomic mass is 9.94. The van der Waals surface area contributed by atoms with Gasteiger partial charge in [-0.3, -0.25) is 9.80 Å². The van der Waals surface area contributed by atoms with Gasteiger partial charge in [-0.2, -0.15) is 0 Å². The van der Waals surface area contributed by atoms with Crippen molar-refractivity contribution in [2.75, 3.05) is 26.2 Å². The largest absolute Gasteiger partial charge is 0.390 e. The molecule has 0 bridgehead atoms. The molecule has 0 amide bonds. The number of rotatable bonds is 5. The van der Waals surface area contributed by atoms with Gasteiger partial charge in [0.05, 0.1) is 18.8 Å². The van der Waals surface area contributed by atoms with Crippen LogP contribution in [0.2, 0.25) is 5.02 Å². The summed E-state index contributed by atoms with van der Waals surface area (Å²) in [5.74, 6) is 0. The molecule has 156 valence electrons. The highest BCUT2D eigenvalue weighted by Gasteiger charge is 2.38. The molecular formula is C24H31ClN2O2. The van der Waals surface area contributed by atoms with Gasteiger partial charge in [-0.25, -0.2) is 0 Å². The molecule has 29 heavy (non-hydrogen) atoms. The molecule has 4 rings (SSSR count). The monoisotopic (exact) mass is 414 g/mol. The minimum Gasteiger partial charge on any atom is -0.390 e. The fraction of sp³-hybridized carbons (Fsp3) is 0.500. The van der Waals surface area contributed by atoms with E-state index >= 15 is 0 Å². The average molecular weight is 415 g/mol. The molecule has 4 atom stereocenters. The summed E-state index contributed by atoms with van der Waals surface area (Å²) in [5.41, 5.74) is 2.57. The van der Waals surface area contributed by atoms with E-state index in [1.165, 1.54) is 11.1 Å². The zero-order chi connectivity index (χ0) is 20.2. The van der Waals surface area contributed by atoms with Crippen molar-refractivity contribution in [3.63, 3.8) is 0 Å². The summed E-state index contributed by atoms with van der Waals surface area (Å²) in [7, 11) is 0. The molecule has 0 unspecified atom stereocenters. The van der Waals surface area contributed by atoms with Gasteiger partial charge in [-0.15, -0.1) is 0 Å². The normalized spacial score (nSPS) is 29.1. The quantitative estimate of drug-likeness (QED) is 0.810. The number of aliphatic hydroxyl groups is 1. The van der Waals surface area contributed by atoms with Crippen molar-refractivity contribution in [3.8, 4) is 0 Å². The molecule has 2 heterocycles. The molecule has 2 saturated heterocycles. The standard InChI is InChI=1S/C24H31ClN2O2/c1-18-14-27(22(17-29-18)13-19-7-9-21(25)10-8-19)23-11-12-26(16-24(23)28)15-20-5-3-2-4-6-20/h2-10,18,22-24,28H,11-17H2,1H3/t18-,22-,23-,24-/m0/s1. The third-order valence-electron chi connectivity index (χ3n) is 6.20. The number of nitrogens with zero attached hydrogens (tertiary/aromatic N) is 2. The molecule has 2 fully saturated rings. The second kappa shape index (κ2) is 9.59. The van der Waals surface area contributed by atoms with Gasteiger partial charge in [0.15, 0.2) is 0 Å². The van der Waals surface area contributed by atoms with Gasteiger partial charge in [0.2, 0.25) is 0 Å². The number of piperidine rings is 1. The van der Waals surface area contributed by atoms with Crippen LogP contribution in [0.5, 0.6) is 0 Å². The van der Waals surface area contributed by atoms with Crippen LogP contribution in [0.3, 0.4) is 0 Å².